The van der Waals surface area contributed by atoms with Crippen molar-refractivity contribution in [2.45, 2.75) is 12.6 Å². The van der Waals surface area contributed by atoms with Crippen molar-refractivity contribution in [1.29, 1.82) is 0 Å². The van der Waals surface area contributed by atoms with Crippen molar-refractivity contribution in [1.82, 2.24) is 9.88 Å². The van der Waals surface area contributed by atoms with E-state index in [1.807, 2.05) is 0 Å². The third-order valence-corrected chi connectivity index (χ3v) is 5.31. The molecule has 0 spiro atoms. The van der Waals surface area contributed by atoms with Gasteiger partial charge < -0.3 is 14.7 Å². The number of halogens is 1. The molecule has 2 aromatic carbocycles. The molecule has 4 rings (SSSR count). The van der Waals surface area contributed by atoms with Crippen molar-refractivity contribution in [3.63, 3.8) is 0 Å². The number of pyridine rings is 1. The molecular weight excluding hydrogens is 423 g/mol. The maximum Gasteiger partial charge on any atom is 0.295 e. The Hall–Kier alpha value is -4.26. The normalized spacial score (nSPS) is 17.2. The van der Waals surface area contributed by atoms with Crippen molar-refractivity contribution in [2.75, 3.05) is 6.61 Å². The van der Waals surface area contributed by atoms with Crippen molar-refractivity contribution < 1.29 is 23.8 Å². The van der Waals surface area contributed by atoms with Crippen molar-refractivity contribution in [3.8, 4) is 5.75 Å². The number of hydrogen-bond donors (Lipinski definition) is 1. The number of aliphatic hydroxyl groups is 1. The summed E-state index contributed by atoms with van der Waals surface area (Å²) in [5.74, 6) is -2.12. The lowest BCUT2D eigenvalue weighted by Gasteiger charge is -2.25. The van der Waals surface area contributed by atoms with Crippen LogP contribution in [-0.2, 0) is 16.1 Å². The number of carbonyl (C=O) groups is 2. The van der Waals surface area contributed by atoms with Crippen molar-refractivity contribution in [2.24, 2.45) is 0 Å². The van der Waals surface area contributed by atoms with E-state index in [9.17, 15) is 19.1 Å². The number of benzene rings is 2. The van der Waals surface area contributed by atoms with Gasteiger partial charge in [0.2, 0.25) is 0 Å². The zero-order valence-electron chi connectivity index (χ0n) is 17.6. The number of likely N-dealkylation sites (tertiary alicyclic amines) is 1. The van der Waals surface area contributed by atoms with E-state index in [1.54, 1.807) is 60.9 Å². The third kappa shape index (κ3) is 4.39. The Morgan fingerprint density at radius 2 is 1.88 bits per heavy atom. The highest BCUT2D eigenvalue weighted by Crippen LogP contribution is 2.41. The van der Waals surface area contributed by atoms with Gasteiger partial charge in [-0.3, -0.25) is 14.6 Å². The van der Waals surface area contributed by atoms with Crippen LogP contribution in [0.2, 0.25) is 0 Å². The van der Waals surface area contributed by atoms with E-state index in [-0.39, 0.29) is 23.4 Å². The monoisotopic (exact) mass is 444 g/mol. The Labute approximate surface area is 190 Å². The van der Waals surface area contributed by atoms with E-state index in [2.05, 4.69) is 11.6 Å². The van der Waals surface area contributed by atoms with Gasteiger partial charge in [0.25, 0.3) is 11.7 Å². The van der Waals surface area contributed by atoms with Crippen LogP contribution in [0.4, 0.5) is 4.39 Å². The number of amides is 1. The summed E-state index contributed by atoms with van der Waals surface area (Å²) in [5.41, 5.74) is 0.924. The quantitative estimate of drug-likeness (QED) is 0.253. The number of hydrogen-bond acceptors (Lipinski definition) is 5. The molecule has 33 heavy (non-hydrogen) atoms. The van der Waals surface area contributed by atoms with Crippen molar-refractivity contribution in [3.05, 3.63) is 114 Å². The summed E-state index contributed by atoms with van der Waals surface area (Å²) >= 11 is 0. The second kappa shape index (κ2) is 9.48. The summed E-state index contributed by atoms with van der Waals surface area (Å²) in [5, 5.41) is 11.1. The summed E-state index contributed by atoms with van der Waals surface area (Å²) in [6.07, 6.45) is 4.76. The van der Waals surface area contributed by atoms with Crippen LogP contribution in [0.25, 0.3) is 5.76 Å². The molecule has 0 aliphatic carbocycles. The second-order valence-electron chi connectivity index (χ2n) is 7.43. The highest BCUT2D eigenvalue weighted by atomic mass is 19.1. The average Bonchev–Trinajstić information content (AvgIpc) is 3.08. The molecule has 3 aromatic rings. The number of rotatable bonds is 7. The zero-order valence-corrected chi connectivity index (χ0v) is 17.6. The molecule has 1 amide bonds. The number of ketones is 1. The molecule has 0 bridgehead atoms. The van der Waals surface area contributed by atoms with Gasteiger partial charge >= 0.3 is 0 Å². The van der Waals surface area contributed by atoms with E-state index in [0.29, 0.717) is 23.5 Å². The highest BCUT2D eigenvalue weighted by molar-refractivity contribution is 6.46. The summed E-state index contributed by atoms with van der Waals surface area (Å²) < 4.78 is 20.3. The molecule has 6 nitrogen and oxygen atoms in total. The molecule has 1 aromatic heterocycles. The maximum atomic E-state index is 14.8. The average molecular weight is 444 g/mol. The molecule has 1 N–H and O–H groups in total. The number of nitrogens with zero attached hydrogens (tertiary/aromatic N) is 2. The summed E-state index contributed by atoms with van der Waals surface area (Å²) in [4.78, 5) is 31.3. The summed E-state index contributed by atoms with van der Waals surface area (Å²) in [6.45, 7) is 3.94. The SMILES string of the molecule is C=CCOc1ccc(/C(O)=C2\C(=O)C(=O)N(Cc3cccnc3)[C@@H]2c2ccccc2F)cc1. The fraction of sp³-hybridized carbons (Fsp3) is 0.115. The molecule has 1 aliphatic heterocycles. The Kier molecular flexibility index (Phi) is 6.31. The first-order valence-corrected chi connectivity index (χ1v) is 10.3. The van der Waals surface area contributed by atoms with E-state index >= 15 is 0 Å². The Bertz CT molecular complexity index is 1220. The number of aliphatic hydroxyl groups excluding tert-OH is 1. The molecular formula is C26H21FN2O4. The predicted octanol–water partition coefficient (Wildman–Crippen LogP) is 4.41. The molecule has 2 heterocycles. The van der Waals surface area contributed by atoms with Gasteiger partial charge in [0.1, 0.15) is 23.9 Å². The number of ether oxygens (including phenoxy) is 1. The van der Waals surface area contributed by atoms with Crippen LogP contribution in [0, 0.1) is 5.82 Å². The minimum Gasteiger partial charge on any atom is -0.507 e. The van der Waals surface area contributed by atoms with Gasteiger partial charge in [-0.1, -0.05) is 36.9 Å². The number of aromatic nitrogens is 1. The molecule has 1 fully saturated rings. The van der Waals surface area contributed by atoms with Crippen LogP contribution >= 0.6 is 0 Å². The molecule has 0 unspecified atom stereocenters. The molecule has 7 heteroatoms. The van der Waals surface area contributed by atoms with Gasteiger partial charge in [0.15, 0.2) is 0 Å². The topological polar surface area (TPSA) is 79.7 Å². The Morgan fingerprint density at radius 1 is 1.12 bits per heavy atom. The molecule has 1 atom stereocenters. The zero-order chi connectivity index (χ0) is 23.4. The Morgan fingerprint density at radius 3 is 2.55 bits per heavy atom. The van der Waals surface area contributed by atoms with Gasteiger partial charge in [-0.15, -0.1) is 0 Å². The molecule has 166 valence electrons. The van der Waals surface area contributed by atoms with E-state index in [0.717, 1.165) is 0 Å². The van der Waals surface area contributed by atoms with Crippen LogP contribution in [0.15, 0.2) is 91.3 Å². The smallest absolute Gasteiger partial charge is 0.295 e. The van der Waals surface area contributed by atoms with Gasteiger partial charge in [0.05, 0.1) is 11.6 Å². The van der Waals surface area contributed by atoms with Gasteiger partial charge in [-0.2, -0.15) is 0 Å². The van der Waals surface area contributed by atoms with Crippen molar-refractivity contribution >= 4 is 17.4 Å². The molecule has 0 saturated carbocycles. The van der Waals surface area contributed by atoms with Crippen LogP contribution in [0.3, 0.4) is 0 Å². The minimum absolute atomic E-state index is 0.0303. The first-order valence-electron chi connectivity index (χ1n) is 10.3. The minimum atomic E-state index is -1.09. The van der Waals surface area contributed by atoms with Gasteiger partial charge in [-0.25, -0.2) is 4.39 Å². The maximum absolute atomic E-state index is 14.8. The fourth-order valence-corrected chi connectivity index (χ4v) is 3.77. The second-order valence-corrected chi connectivity index (χ2v) is 7.43. The highest BCUT2D eigenvalue weighted by Gasteiger charge is 2.46. The fourth-order valence-electron chi connectivity index (χ4n) is 3.77. The Balaban J connectivity index is 1.81. The summed E-state index contributed by atoms with van der Waals surface area (Å²) in [7, 11) is 0. The van der Waals surface area contributed by atoms with Gasteiger partial charge in [-0.05, 0) is 42.0 Å². The van der Waals surface area contributed by atoms with Gasteiger partial charge in [0, 0.05) is 30.1 Å². The predicted molar refractivity (Wildman–Crippen MR) is 121 cm³/mol. The lowest BCUT2D eigenvalue weighted by atomic mass is 9.94. The van der Waals surface area contributed by atoms with Crippen LogP contribution < -0.4 is 4.74 Å². The van der Waals surface area contributed by atoms with Crippen LogP contribution in [0.5, 0.6) is 5.75 Å². The lowest BCUT2D eigenvalue weighted by molar-refractivity contribution is -0.140. The van der Waals surface area contributed by atoms with E-state index < -0.39 is 23.5 Å². The molecule has 0 radical (unpaired) electrons. The first-order chi connectivity index (χ1) is 16.0. The molecule has 1 aliphatic rings. The van der Waals surface area contributed by atoms with Crippen LogP contribution in [0.1, 0.15) is 22.7 Å². The van der Waals surface area contributed by atoms with E-state index in [4.69, 9.17) is 4.74 Å². The lowest BCUT2D eigenvalue weighted by Crippen LogP contribution is -2.29. The number of carbonyl (C=O) groups excluding carboxylic acids is 2. The van der Waals surface area contributed by atoms with E-state index in [1.165, 1.54) is 23.1 Å². The summed E-state index contributed by atoms with van der Waals surface area (Å²) in [6, 6.07) is 14.7. The number of Topliss-reactive ketones (excluding diaryl/α,β-unsaturated/α-hetero) is 1. The first kappa shape index (κ1) is 22.0. The third-order valence-electron chi connectivity index (χ3n) is 5.31. The van der Waals surface area contributed by atoms with Crippen LogP contribution in [-0.4, -0.2) is 33.3 Å². The largest absolute Gasteiger partial charge is 0.507 e. The standard InChI is InChI=1S/C26H21FN2O4/c1-2-14-33-19-11-9-18(10-12-19)24(30)22-23(20-7-3-4-8-21(20)27)29(26(32)25(22)31)16-17-6-5-13-28-15-17/h2-13,15,23,30H,1,14,16H2/b24-22+/t23-/m1/s1. The molecule has 1 saturated heterocycles.